The first-order chi connectivity index (χ1) is 20.7. The van der Waals surface area contributed by atoms with E-state index in [0.717, 1.165) is 37.5 Å². The molecule has 4 heterocycles. The van der Waals surface area contributed by atoms with Crippen LogP contribution in [0.15, 0.2) is 144 Å². The maximum absolute atomic E-state index is 16.3. The second-order valence-electron chi connectivity index (χ2n) is 9.93. The number of pyridine rings is 1. The van der Waals surface area contributed by atoms with Crippen LogP contribution in [0.25, 0.3) is 32.7 Å². The van der Waals surface area contributed by atoms with Crippen molar-refractivity contribution < 1.29 is 4.39 Å². The lowest BCUT2D eigenvalue weighted by molar-refractivity contribution is 0.647. The number of hydrogen-bond donors (Lipinski definition) is 2. The number of fused-ring (bicyclic) bond motifs is 1. The molecule has 0 fully saturated rings. The van der Waals surface area contributed by atoms with Crippen molar-refractivity contribution in [3.05, 3.63) is 156 Å². The monoisotopic (exact) mass is 585 g/mol. The van der Waals surface area contributed by atoms with Gasteiger partial charge in [-0.3, -0.25) is 4.98 Å². The molecule has 214 valence electrons. The second kappa shape index (κ2) is 12.4. The van der Waals surface area contributed by atoms with Crippen molar-refractivity contribution in [3.8, 4) is 10.4 Å². The normalized spacial score (nSPS) is 15.6. The van der Waals surface area contributed by atoms with E-state index < -0.39 is 5.83 Å². The number of H-pyrrole nitrogens is 1. The third kappa shape index (κ3) is 5.80. The van der Waals surface area contributed by atoms with Crippen LogP contribution in [0.1, 0.15) is 37.0 Å². The summed E-state index contributed by atoms with van der Waals surface area (Å²) in [6.07, 6.45) is 10.6. The van der Waals surface area contributed by atoms with E-state index in [9.17, 15) is 0 Å². The van der Waals surface area contributed by atoms with Crippen molar-refractivity contribution in [2.75, 3.05) is 0 Å². The van der Waals surface area contributed by atoms with Gasteiger partial charge in [-0.15, -0.1) is 11.3 Å². The molecule has 43 heavy (non-hydrogen) atoms. The van der Waals surface area contributed by atoms with E-state index in [-0.39, 0.29) is 5.57 Å². The number of aromatic amines is 1. The summed E-state index contributed by atoms with van der Waals surface area (Å²) in [6.45, 7) is 21.8. The maximum atomic E-state index is 16.3. The number of hydrogen-bond acceptors (Lipinski definition) is 5. The molecule has 1 aromatic carbocycles. The Balaban J connectivity index is 1.47. The topological polar surface area (TPSA) is 66.0 Å². The smallest absolute Gasteiger partial charge is 0.158 e. The van der Waals surface area contributed by atoms with E-state index in [1.165, 1.54) is 0 Å². The third-order valence-electron chi connectivity index (χ3n) is 7.00. The average Bonchev–Trinajstić information content (AvgIpc) is 3.67. The molecule has 0 radical (unpaired) electrons. The van der Waals surface area contributed by atoms with E-state index in [0.29, 0.717) is 39.8 Å². The van der Waals surface area contributed by atoms with E-state index in [1.807, 2.05) is 69.3 Å². The molecule has 4 aromatic rings. The summed E-state index contributed by atoms with van der Waals surface area (Å²) < 4.78 is 16.3. The Morgan fingerprint density at radius 1 is 1.05 bits per heavy atom. The van der Waals surface area contributed by atoms with Crippen LogP contribution in [0.5, 0.6) is 0 Å². The number of rotatable bonds is 10. The number of thiophene rings is 1. The Kier molecular flexibility index (Phi) is 8.46. The highest BCUT2D eigenvalue weighted by atomic mass is 32.1. The second-order valence-corrected chi connectivity index (χ2v) is 11.0. The molecule has 2 N–H and O–H groups in total. The minimum absolute atomic E-state index is 0.222. The van der Waals surface area contributed by atoms with Crippen LogP contribution >= 0.6 is 11.3 Å². The SMILES string of the molecule is C=C/C(=C\C(=C/C)C(=C)/C(F)=C1C(c2nc3c(-c4ccc(C(=C)C)s4)cncc3[nH]2)=NC/1=C/C)NC(=C)c1ccccc1. The molecule has 0 saturated carbocycles. The van der Waals surface area contributed by atoms with Gasteiger partial charge in [0, 0.05) is 38.5 Å². The number of allylic oxidation sites excluding steroid dienone is 9. The van der Waals surface area contributed by atoms with Gasteiger partial charge < -0.3 is 10.3 Å². The summed E-state index contributed by atoms with van der Waals surface area (Å²) in [4.78, 5) is 19.3. The van der Waals surface area contributed by atoms with Gasteiger partial charge >= 0.3 is 0 Å². The molecule has 1 aliphatic rings. The average molecular weight is 586 g/mol. The fourth-order valence-electron chi connectivity index (χ4n) is 4.66. The fourth-order valence-corrected chi connectivity index (χ4v) is 5.60. The van der Waals surface area contributed by atoms with Gasteiger partial charge in [0.15, 0.2) is 5.82 Å². The van der Waals surface area contributed by atoms with Gasteiger partial charge in [-0.1, -0.05) is 68.8 Å². The van der Waals surface area contributed by atoms with Crippen LogP contribution in [-0.4, -0.2) is 20.7 Å². The lowest BCUT2D eigenvalue weighted by Crippen LogP contribution is -2.20. The van der Waals surface area contributed by atoms with E-state index in [1.54, 1.807) is 42.0 Å². The van der Waals surface area contributed by atoms with Crippen LogP contribution in [-0.2, 0) is 0 Å². The van der Waals surface area contributed by atoms with E-state index >= 15 is 4.39 Å². The Bertz CT molecular complexity index is 1940. The number of aromatic nitrogens is 3. The van der Waals surface area contributed by atoms with Crippen LogP contribution < -0.4 is 5.32 Å². The number of benzene rings is 1. The molecule has 0 bridgehead atoms. The molecule has 0 atom stereocenters. The Morgan fingerprint density at radius 3 is 2.47 bits per heavy atom. The first kappa shape index (κ1) is 29.4. The summed E-state index contributed by atoms with van der Waals surface area (Å²) in [7, 11) is 0. The van der Waals surface area contributed by atoms with Crippen molar-refractivity contribution in [3.63, 3.8) is 0 Å². The maximum Gasteiger partial charge on any atom is 0.158 e. The molecular formula is C36H32FN5S. The highest BCUT2D eigenvalue weighted by molar-refractivity contribution is 7.16. The predicted octanol–water partition coefficient (Wildman–Crippen LogP) is 9.48. The highest BCUT2D eigenvalue weighted by Crippen LogP contribution is 2.38. The number of nitrogens with zero attached hydrogens (tertiary/aromatic N) is 3. The lowest BCUT2D eigenvalue weighted by Gasteiger charge is -2.22. The number of aliphatic imine (C=N–C) groups is 1. The summed E-state index contributed by atoms with van der Waals surface area (Å²) in [5.74, 6) is -0.00873. The van der Waals surface area contributed by atoms with Gasteiger partial charge in [0.25, 0.3) is 0 Å². The summed E-state index contributed by atoms with van der Waals surface area (Å²) in [6, 6.07) is 13.8. The molecular weight excluding hydrogens is 553 g/mol. The van der Waals surface area contributed by atoms with Crippen LogP contribution in [0.4, 0.5) is 4.39 Å². The predicted molar refractivity (Wildman–Crippen MR) is 180 cm³/mol. The molecule has 0 spiro atoms. The third-order valence-corrected chi connectivity index (χ3v) is 8.28. The largest absolute Gasteiger partial charge is 0.356 e. The molecule has 0 unspecified atom stereocenters. The van der Waals surface area contributed by atoms with Gasteiger partial charge in [0.2, 0.25) is 0 Å². The van der Waals surface area contributed by atoms with Gasteiger partial charge in [-0.2, -0.15) is 0 Å². The molecule has 7 heteroatoms. The minimum Gasteiger partial charge on any atom is -0.356 e. The Morgan fingerprint density at radius 2 is 1.81 bits per heavy atom. The molecule has 1 aliphatic heterocycles. The molecule has 0 saturated heterocycles. The zero-order valence-corrected chi connectivity index (χ0v) is 25.3. The van der Waals surface area contributed by atoms with Crippen LogP contribution in [0.2, 0.25) is 0 Å². The van der Waals surface area contributed by atoms with Crippen molar-refractivity contribution in [2.24, 2.45) is 4.99 Å². The van der Waals surface area contributed by atoms with Gasteiger partial charge in [-0.05, 0) is 61.8 Å². The van der Waals surface area contributed by atoms with Crippen molar-refractivity contribution in [2.45, 2.75) is 20.8 Å². The summed E-state index contributed by atoms with van der Waals surface area (Å²) in [5.41, 5.74) is 7.83. The number of halogens is 1. The molecule has 5 rings (SSSR count). The quantitative estimate of drug-likeness (QED) is 0.182. The zero-order chi connectivity index (χ0) is 30.7. The van der Waals surface area contributed by atoms with Crippen LogP contribution in [0, 0.1) is 0 Å². The Hall–Kier alpha value is -5.14. The molecule has 5 nitrogen and oxygen atoms in total. The Labute approximate surface area is 255 Å². The number of nitrogens with one attached hydrogen (secondary N) is 2. The molecule has 0 aliphatic carbocycles. The summed E-state index contributed by atoms with van der Waals surface area (Å²) >= 11 is 1.63. The standard InChI is InChI=1S/C36H32FN5S/c1-8-24(18-26(9-2)39-23(7)25-14-12-11-13-15-25)22(6)33(37)32-28(10-3)40-35(32)36-41-29-20-38-19-27(34(29)42-36)31-17-16-30(43-31)21(4)5/h8-20,39H,2,4,6-7H2,1,3,5H3,(H,41,42)/b24-8+,26-18+,28-10+,33-32-. The fraction of sp³-hybridized carbons (Fsp3) is 0.0833. The van der Waals surface area contributed by atoms with Gasteiger partial charge in [0.05, 0.1) is 23.0 Å². The summed E-state index contributed by atoms with van der Waals surface area (Å²) in [5, 5.41) is 3.26. The first-order valence-corrected chi connectivity index (χ1v) is 14.5. The first-order valence-electron chi connectivity index (χ1n) is 13.7. The number of imidazole rings is 1. The highest BCUT2D eigenvalue weighted by Gasteiger charge is 2.31. The van der Waals surface area contributed by atoms with Crippen molar-refractivity contribution >= 4 is 39.4 Å². The van der Waals surface area contributed by atoms with E-state index in [4.69, 9.17) is 4.98 Å². The lowest BCUT2D eigenvalue weighted by atomic mass is 9.93. The minimum atomic E-state index is -0.476. The van der Waals surface area contributed by atoms with Crippen molar-refractivity contribution in [1.82, 2.24) is 20.3 Å². The zero-order valence-electron chi connectivity index (χ0n) is 24.5. The molecule has 3 aromatic heterocycles. The molecule has 0 amide bonds. The van der Waals surface area contributed by atoms with Gasteiger partial charge in [-0.25, -0.2) is 14.4 Å². The van der Waals surface area contributed by atoms with Crippen molar-refractivity contribution in [1.29, 1.82) is 0 Å². The van der Waals surface area contributed by atoms with Crippen LogP contribution in [0.3, 0.4) is 0 Å². The van der Waals surface area contributed by atoms with E-state index in [2.05, 4.69) is 46.6 Å². The van der Waals surface area contributed by atoms with Gasteiger partial charge in [0.1, 0.15) is 17.1 Å².